The van der Waals surface area contributed by atoms with Gasteiger partial charge in [0.1, 0.15) is 5.82 Å². The zero-order chi connectivity index (χ0) is 23.9. The van der Waals surface area contributed by atoms with E-state index in [0.29, 0.717) is 29.4 Å². The Morgan fingerprint density at radius 1 is 0.706 bits per heavy atom. The largest absolute Gasteiger partial charge is 0.261 e. The van der Waals surface area contributed by atoms with Gasteiger partial charge in [-0.3, -0.25) is 4.98 Å². The molecule has 34 heavy (non-hydrogen) atoms. The van der Waals surface area contributed by atoms with Crippen LogP contribution in [0.5, 0.6) is 0 Å². The van der Waals surface area contributed by atoms with Gasteiger partial charge in [-0.25, -0.2) is 13.2 Å². The van der Waals surface area contributed by atoms with Crippen LogP contribution in [0.15, 0.2) is 79.0 Å². The standard InChI is InChI=1S/C30H28F3N/c1-2-3-4-5-23-8-15-26(34-20-23)14-7-21-9-16-27-25(18-21)13-12-24(30(27)33)11-6-22-10-17-28(31)29(32)19-22/h2-3,8-10,12-13,15-20H,4-7,11,14H2,1H3/b3-2+. The molecule has 0 spiro atoms. The predicted octanol–water partition coefficient (Wildman–Crippen LogP) is 7.73. The molecule has 0 saturated carbocycles. The Morgan fingerprint density at radius 3 is 2.24 bits per heavy atom. The van der Waals surface area contributed by atoms with E-state index in [1.54, 1.807) is 6.07 Å². The Hall–Kier alpha value is -3.40. The van der Waals surface area contributed by atoms with Crippen molar-refractivity contribution in [2.75, 3.05) is 0 Å². The van der Waals surface area contributed by atoms with E-state index in [2.05, 4.69) is 29.3 Å². The maximum atomic E-state index is 15.1. The summed E-state index contributed by atoms with van der Waals surface area (Å²) in [4.78, 5) is 4.59. The third-order valence-corrected chi connectivity index (χ3v) is 6.16. The van der Waals surface area contributed by atoms with Gasteiger partial charge in [0.05, 0.1) is 0 Å². The van der Waals surface area contributed by atoms with Crippen molar-refractivity contribution in [2.24, 2.45) is 0 Å². The van der Waals surface area contributed by atoms with Crippen molar-refractivity contribution in [3.8, 4) is 0 Å². The number of aromatic nitrogens is 1. The van der Waals surface area contributed by atoms with Crippen LogP contribution in [0.2, 0.25) is 0 Å². The molecule has 1 nitrogen and oxygen atoms in total. The maximum absolute atomic E-state index is 15.1. The van der Waals surface area contributed by atoms with E-state index in [1.807, 2.05) is 37.4 Å². The fraction of sp³-hybridized carbons (Fsp3) is 0.233. The summed E-state index contributed by atoms with van der Waals surface area (Å²) in [6.07, 6.45) is 10.7. The molecule has 0 aliphatic rings. The highest BCUT2D eigenvalue weighted by Gasteiger charge is 2.10. The van der Waals surface area contributed by atoms with Gasteiger partial charge in [-0.05, 0) is 91.3 Å². The Balaban J connectivity index is 1.39. The molecular weight excluding hydrogens is 431 g/mol. The first-order valence-electron chi connectivity index (χ1n) is 11.7. The number of aryl methyl sites for hydroxylation is 5. The van der Waals surface area contributed by atoms with E-state index in [1.165, 1.54) is 17.7 Å². The van der Waals surface area contributed by atoms with Crippen LogP contribution >= 0.6 is 0 Å². The summed E-state index contributed by atoms with van der Waals surface area (Å²) >= 11 is 0. The number of allylic oxidation sites excluding steroid dienone is 2. The molecule has 4 heteroatoms. The van der Waals surface area contributed by atoms with E-state index in [9.17, 15) is 8.78 Å². The van der Waals surface area contributed by atoms with Crippen LogP contribution in [0.25, 0.3) is 10.8 Å². The molecule has 0 aliphatic heterocycles. The van der Waals surface area contributed by atoms with Crippen LogP contribution in [0.1, 0.15) is 41.3 Å². The van der Waals surface area contributed by atoms with Gasteiger partial charge in [0.25, 0.3) is 0 Å². The Morgan fingerprint density at radius 2 is 1.47 bits per heavy atom. The number of halogens is 3. The summed E-state index contributed by atoms with van der Waals surface area (Å²) in [6, 6.07) is 17.6. The van der Waals surface area contributed by atoms with Crippen molar-refractivity contribution < 1.29 is 13.2 Å². The molecule has 1 aromatic heterocycles. The van der Waals surface area contributed by atoms with E-state index >= 15 is 4.39 Å². The highest BCUT2D eigenvalue weighted by molar-refractivity contribution is 5.84. The molecule has 0 radical (unpaired) electrons. The minimum Gasteiger partial charge on any atom is -0.261 e. The molecule has 4 aromatic rings. The lowest BCUT2D eigenvalue weighted by Gasteiger charge is -2.09. The molecule has 1 heterocycles. The number of rotatable bonds is 9. The number of nitrogens with zero attached hydrogens (tertiary/aromatic N) is 1. The third-order valence-electron chi connectivity index (χ3n) is 6.16. The van der Waals surface area contributed by atoms with Gasteiger partial charge in [-0.1, -0.05) is 54.6 Å². The summed E-state index contributed by atoms with van der Waals surface area (Å²) in [5, 5.41) is 1.44. The average molecular weight is 460 g/mol. The Kier molecular flexibility index (Phi) is 7.79. The number of hydrogen-bond donors (Lipinski definition) is 0. The summed E-state index contributed by atoms with van der Waals surface area (Å²) in [5.74, 6) is -1.99. The van der Waals surface area contributed by atoms with Crippen molar-refractivity contribution in [2.45, 2.75) is 45.4 Å². The zero-order valence-electron chi connectivity index (χ0n) is 19.3. The van der Waals surface area contributed by atoms with Crippen molar-refractivity contribution in [3.05, 3.63) is 124 Å². The van der Waals surface area contributed by atoms with Crippen molar-refractivity contribution in [3.63, 3.8) is 0 Å². The van der Waals surface area contributed by atoms with E-state index in [-0.39, 0.29) is 5.82 Å². The second-order valence-electron chi connectivity index (χ2n) is 8.61. The second-order valence-corrected chi connectivity index (χ2v) is 8.61. The highest BCUT2D eigenvalue weighted by Crippen LogP contribution is 2.24. The lowest BCUT2D eigenvalue weighted by atomic mass is 9.98. The minimum absolute atomic E-state index is 0.248. The maximum Gasteiger partial charge on any atom is 0.159 e. The first-order valence-corrected chi connectivity index (χ1v) is 11.7. The fourth-order valence-electron chi connectivity index (χ4n) is 4.15. The van der Waals surface area contributed by atoms with Gasteiger partial charge in [0.2, 0.25) is 0 Å². The van der Waals surface area contributed by atoms with Crippen LogP contribution in [0.3, 0.4) is 0 Å². The molecule has 174 valence electrons. The van der Waals surface area contributed by atoms with Crippen molar-refractivity contribution in [1.29, 1.82) is 0 Å². The van der Waals surface area contributed by atoms with Crippen LogP contribution in [-0.4, -0.2) is 4.98 Å². The third kappa shape index (κ3) is 5.93. The number of benzene rings is 3. The summed E-state index contributed by atoms with van der Waals surface area (Å²) in [5.41, 5.74) is 4.65. The molecular formula is C30H28F3N. The molecule has 0 aliphatic carbocycles. The van der Waals surface area contributed by atoms with Gasteiger partial charge < -0.3 is 0 Å². The quantitative estimate of drug-likeness (QED) is 0.233. The highest BCUT2D eigenvalue weighted by atomic mass is 19.2. The summed E-state index contributed by atoms with van der Waals surface area (Å²) < 4.78 is 41.6. The van der Waals surface area contributed by atoms with Gasteiger partial charge in [0.15, 0.2) is 11.6 Å². The molecule has 4 rings (SSSR count). The first-order chi connectivity index (χ1) is 16.5. The topological polar surface area (TPSA) is 12.9 Å². The molecule has 0 amide bonds. The lowest BCUT2D eigenvalue weighted by molar-refractivity contribution is 0.507. The van der Waals surface area contributed by atoms with Gasteiger partial charge >= 0.3 is 0 Å². The Labute approximate surface area is 199 Å². The van der Waals surface area contributed by atoms with E-state index < -0.39 is 11.6 Å². The van der Waals surface area contributed by atoms with Crippen LogP contribution in [0, 0.1) is 17.5 Å². The normalized spacial score (nSPS) is 11.5. The van der Waals surface area contributed by atoms with Crippen LogP contribution in [0.4, 0.5) is 13.2 Å². The van der Waals surface area contributed by atoms with Crippen molar-refractivity contribution >= 4 is 10.8 Å². The molecule has 0 atom stereocenters. The monoisotopic (exact) mass is 459 g/mol. The first kappa shape index (κ1) is 23.7. The van der Waals surface area contributed by atoms with Crippen molar-refractivity contribution in [1.82, 2.24) is 4.98 Å². The second kappa shape index (κ2) is 11.1. The number of fused-ring (bicyclic) bond motifs is 1. The van der Waals surface area contributed by atoms with Gasteiger partial charge in [-0.15, -0.1) is 0 Å². The predicted molar refractivity (Wildman–Crippen MR) is 132 cm³/mol. The van der Waals surface area contributed by atoms with E-state index in [0.717, 1.165) is 48.4 Å². The molecule has 0 saturated heterocycles. The molecule has 0 bridgehead atoms. The van der Waals surface area contributed by atoms with Gasteiger partial charge in [-0.2, -0.15) is 0 Å². The summed E-state index contributed by atoms with van der Waals surface area (Å²) in [7, 11) is 0. The molecule has 3 aromatic carbocycles. The Bertz CT molecular complexity index is 1290. The molecule has 0 fully saturated rings. The molecule has 0 unspecified atom stereocenters. The summed E-state index contributed by atoms with van der Waals surface area (Å²) in [6.45, 7) is 2.03. The zero-order valence-corrected chi connectivity index (χ0v) is 19.3. The number of pyridine rings is 1. The SMILES string of the molecule is C/C=C/CCc1ccc(CCc2ccc3c(F)c(CCc4ccc(F)c(F)c4)ccc3c2)nc1. The van der Waals surface area contributed by atoms with Crippen LogP contribution in [-0.2, 0) is 32.1 Å². The average Bonchev–Trinajstić information content (AvgIpc) is 2.85. The van der Waals surface area contributed by atoms with E-state index in [4.69, 9.17) is 0 Å². The van der Waals surface area contributed by atoms with Gasteiger partial charge in [0, 0.05) is 17.3 Å². The number of hydrogen-bond acceptors (Lipinski definition) is 1. The smallest absolute Gasteiger partial charge is 0.159 e. The fourth-order valence-corrected chi connectivity index (χ4v) is 4.15. The molecule has 0 N–H and O–H groups in total. The lowest BCUT2D eigenvalue weighted by Crippen LogP contribution is -1.98. The van der Waals surface area contributed by atoms with Crippen LogP contribution < -0.4 is 0 Å². The minimum atomic E-state index is -0.875.